The van der Waals surface area contributed by atoms with Gasteiger partial charge in [-0.15, -0.1) is 0 Å². The molecule has 0 saturated heterocycles. The smallest absolute Gasteiger partial charge is 0.263 e. The van der Waals surface area contributed by atoms with Crippen LogP contribution in [-0.4, -0.2) is 19.4 Å². The standard InChI is InChI=1S/C14H18FN3O2S/c1-10(2)16-8-13-7-14(9-17-13)21(19,20)18-12-5-3-11(15)4-6-12/h3-7,9-10,16-18H,8H2,1-2H3. The quantitative estimate of drug-likeness (QED) is 0.767. The summed E-state index contributed by atoms with van der Waals surface area (Å²) in [5.41, 5.74) is 1.10. The number of hydrogen-bond donors (Lipinski definition) is 3. The van der Waals surface area contributed by atoms with E-state index in [0.717, 1.165) is 5.69 Å². The molecule has 1 aromatic heterocycles. The van der Waals surface area contributed by atoms with Gasteiger partial charge in [0.25, 0.3) is 10.0 Å². The molecule has 7 heteroatoms. The molecule has 0 amide bonds. The summed E-state index contributed by atoms with van der Waals surface area (Å²) in [5.74, 6) is -0.415. The van der Waals surface area contributed by atoms with Crippen LogP contribution >= 0.6 is 0 Å². The maximum absolute atomic E-state index is 12.8. The van der Waals surface area contributed by atoms with Crippen molar-refractivity contribution in [3.63, 3.8) is 0 Å². The third-order valence-electron chi connectivity index (χ3n) is 2.82. The molecule has 0 radical (unpaired) electrons. The van der Waals surface area contributed by atoms with Crippen molar-refractivity contribution in [3.05, 3.63) is 48.0 Å². The van der Waals surface area contributed by atoms with Gasteiger partial charge in [-0.2, -0.15) is 0 Å². The van der Waals surface area contributed by atoms with Crippen molar-refractivity contribution in [1.29, 1.82) is 0 Å². The van der Waals surface area contributed by atoms with Crippen molar-refractivity contribution in [2.45, 2.75) is 31.3 Å². The number of aromatic nitrogens is 1. The largest absolute Gasteiger partial charge is 0.363 e. The first-order valence-corrected chi connectivity index (χ1v) is 8.04. The van der Waals surface area contributed by atoms with E-state index in [2.05, 4.69) is 15.0 Å². The molecule has 0 spiro atoms. The van der Waals surface area contributed by atoms with E-state index in [-0.39, 0.29) is 4.90 Å². The molecule has 21 heavy (non-hydrogen) atoms. The number of sulfonamides is 1. The zero-order chi connectivity index (χ0) is 15.5. The lowest BCUT2D eigenvalue weighted by Crippen LogP contribution is -2.21. The molecular formula is C14H18FN3O2S. The molecule has 1 heterocycles. The number of H-pyrrole nitrogens is 1. The average Bonchev–Trinajstić information content (AvgIpc) is 2.88. The van der Waals surface area contributed by atoms with E-state index in [1.165, 1.54) is 30.5 Å². The van der Waals surface area contributed by atoms with Crippen LogP contribution in [0, 0.1) is 5.82 Å². The summed E-state index contributed by atoms with van der Waals surface area (Å²) >= 11 is 0. The predicted molar refractivity (Wildman–Crippen MR) is 80.0 cm³/mol. The summed E-state index contributed by atoms with van der Waals surface area (Å²) in [5, 5.41) is 3.19. The lowest BCUT2D eigenvalue weighted by Gasteiger charge is -2.06. The molecule has 2 aromatic rings. The summed E-state index contributed by atoms with van der Waals surface area (Å²) in [6.07, 6.45) is 1.43. The monoisotopic (exact) mass is 311 g/mol. The second-order valence-electron chi connectivity index (χ2n) is 5.01. The Morgan fingerprint density at radius 3 is 2.52 bits per heavy atom. The van der Waals surface area contributed by atoms with E-state index in [1.807, 2.05) is 13.8 Å². The zero-order valence-electron chi connectivity index (χ0n) is 11.9. The fourth-order valence-corrected chi connectivity index (χ4v) is 2.80. The lowest BCUT2D eigenvalue weighted by atomic mass is 10.3. The van der Waals surface area contributed by atoms with Gasteiger partial charge < -0.3 is 10.3 Å². The van der Waals surface area contributed by atoms with E-state index >= 15 is 0 Å². The van der Waals surface area contributed by atoms with Crippen molar-refractivity contribution in [3.8, 4) is 0 Å². The van der Waals surface area contributed by atoms with Crippen LogP contribution in [-0.2, 0) is 16.6 Å². The Morgan fingerprint density at radius 1 is 1.24 bits per heavy atom. The number of nitrogens with one attached hydrogen (secondary N) is 3. The minimum absolute atomic E-state index is 0.146. The lowest BCUT2D eigenvalue weighted by molar-refractivity contribution is 0.582. The van der Waals surface area contributed by atoms with Crippen LogP contribution in [0.15, 0.2) is 41.4 Å². The highest BCUT2D eigenvalue weighted by molar-refractivity contribution is 7.92. The highest BCUT2D eigenvalue weighted by Gasteiger charge is 2.16. The maximum atomic E-state index is 12.8. The number of halogens is 1. The Hall–Kier alpha value is -1.86. The van der Waals surface area contributed by atoms with E-state index < -0.39 is 15.8 Å². The Morgan fingerprint density at radius 2 is 1.90 bits per heavy atom. The second kappa shape index (κ2) is 6.28. The van der Waals surface area contributed by atoms with E-state index in [1.54, 1.807) is 6.07 Å². The highest BCUT2D eigenvalue weighted by atomic mass is 32.2. The van der Waals surface area contributed by atoms with Crippen LogP contribution in [0.3, 0.4) is 0 Å². The van der Waals surface area contributed by atoms with Crippen LogP contribution in [0.4, 0.5) is 10.1 Å². The van der Waals surface area contributed by atoms with Gasteiger partial charge in [-0.1, -0.05) is 13.8 Å². The summed E-state index contributed by atoms with van der Waals surface area (Å²) in [6, 6.07) is 7.04. The second-order valence-corrected chi connectivity index (χ2v) is 6.69. The summed E-state index contributed by atoms with van der Waals surface area (Å²) in [7, 11) is -3.68. The molecule has 0 aliphatic carbocycles. The molecule has 0 bridgehead atoms. The molecule has 0 aliphatic rings. The first kappa shape index (κ1) is 15.5. The Balaban J connectivity index is 2.10. The van der Waals surface area contributed by atoms with Gasteiger partial charge in [0.15, 0.2) is 0 Å². The average molecular weight is 311 g/mol. The predicted octanol–water partition coefficient (Wildman–Crippen LogP) is 2.45. The minimum atomic E-state index is -3.68. The van der Waals surface area contributed by atoms with Crippen molar-refractivity contribution in [1.82, 2.24) is 10.3 Å². The summed E-state index contributed by atoms with van der Waals surface area (Å²) in [6.45, 7) is 4.58. The van der Waals surface area contributed by atoms with Gasteiger partial charge in [0, 0.05) is 30.2 Å². The number of hydrogen-bond acceptors (Lipinski definition) is 3. The molecule has 2 rings (SSSR count). The van der Waals surface area contributed by atoms with E-state index in [9.17, 15) is 12.8 Å². The molecule has 5 nitrogen and oxygen atoms in total. The number of anilines is 1. The fraction of sp³-hybridized carbons (Fsp3) is 0.286. The van der Waals surface area contributed by atoms with Gasteiger partial charge in [0.05, 0.1) is 0 Å². The molecule has 0 fully saturated rings. The van der Waals surface area contributed by atoms with Crippen molar-refractivity contribution >= 4 is 15.7 Å². The van der Waals surface area contributed by atoms with Crippen molar-refractivity contribution in [2.24, 2.45) is 0 Å². The molecule has 0 aliphatic heterocycles. The Bertz CT molecular complexity index is 693. The maximum Gasteiger partial charge on any atom is 0.263 e. The van der Waals surface area contributed by atoms with Crippen molar-refractivity contribution < 1.29 is 12.8 Å². The molecule has 3 N–H and O–H groups in total. The van der Waals surface area contributed by atoms with Crippen molar-refractivity contribution in [2.75, 3.05) is 4.72 Å². The van der Waals surface area contributed by atoms with Crippen LogP contribution in [0.1, 0.15) is 19.5 Å². The molecular weight excluding hydrogens is 293 g/mol. The molecule has 0 saturated carbocycles. The fourth-order valence-electron chi connectivity index (χ4n) is 1.72. The molecule has 0 unspecified atom stereocenters. The zero-order valence-corrected chi connectivity index (χ0v) is 12.7. The van der Waals surface area contributed by atoms with Gasteiger partial charge >= 0.3 is 0 Å². The third-order valence-corrected chi connectivity index (χ3v) is 4.18. The summed E-state index contributed by atoms with van der Waals surface area (Å²) < 4.78 is 39.6. The number of aromatic amines is 1. The Kier molecular flexibility index (Phi) is 4.64. The highest BCUT2D eigenvalue weighted by Crippen LogP contribution is 2.17. The third kappa shape index (κ3) is 4.30. The van der Waals surface area contributed by atoms with Gasteiger partial charge in [-0.25, -0.2) is 12.8 Å². The minimum Gasteiger partial charge on any atom is -0.363 e. The van der Waals surface area contributed by atoms with Crippen LogP contribution < -0.4 is 10.0 Å². The number of rotatable bonds is 6. The van der Waals surface area contributed by atoms with Crippen LogP contribution in [0.5, 0.6) is 0 Å². The normalized spacial score (nSPS) is 11.8. The Labute approximate surface area is 123 Å². The first-order valence-electron chi connectivity index (χ1n) is 6.56. The van der Waals surface area contributed by atoms with Crippen LogP contribution in [0.25, 0.3) is 0 Å². The van der Waals surface area contributed by atoms with Gasteiger partial charge in [0.2, 0.25) is 0 Å². The molecule has 114 valence electrons. The topological polar surface area (TPSA) is 74.0 Å². The van der Waals surface area contributed by atoms with E-state index in [0.29, 0.717) is 18.3 Å². The van der Waals surface area contributed by atoms with Crippen LogP contribution in [0.2, 0.25) is 0 Å². The van der Waals surface area contributed by atoms with E-state index in [4.69, 9.17) is 0 Å². The molecule has 0 atom stereocenters. The SMILES string of the molecule is CC(C)NCc1cc(S(=O)(=O)Nc2ccc(F)cc2)c[nH]1. The first-order chi connectivity index (χ1) is 9.87. The van der Waals surface area contributed by atoms with Gasteiger partial charge in [-0.3, -0.25) is 4.72 Å². The van der Waals surface area contributed by atoms with Gasteiger partial charge in [0.1, 0.15) is 10.7 Å². The molecule has 1 aromatic carbocycles. The number of benzene rings is 1. The van der Waals surface area contributed by atoms with Gasteiger partial charge in [-0.05, 0) is 30.3 Å². The summed E-state index contributed by atoms with van der Waals surface area (Å²) in [4.78, 5) is 3.07.